The van der Waals surface area contributed by atoms with Crippen molar-refractivity contribution in [3.05, 3.63) is 77.7 Å². The number of nitrogens with zero attached hydrogens (tertiary/aromatic N) is 3. The fourth-order valence-corrected chi connectivity index (χ4v) is 3.67. The van der Waals surface area contributed by atoms with Gasteiger partial charge in [0.1, 0.15) is 12.3 Å². The normalized spacial score (nSPS) is 11.6. The molecule has 1 aromatic heterocycles. The predicted molar refractivity (Wildman–Crippen MR) is 129 cm³/mol. The third-order valence-electron chi connectivity index (χ3n) is 5.51. The number of carbonyl (C=O) groups excluding carboxylic acids is 2. The highest BCUT2D eigenvalue weighted by atomic mass is 16.7. The maximum absolute atomic E-state index is 13.5. The number of hydrogen-bond donors (Lipinski definition) is 1. The molecule has 0 aliphatic carbocycles. The Morgan fingerprint density at radius 2 is 1.92 bits per heavy atom. The van der Waals surface area contributed by atoms with Crippen LogP contribution in [0.3, 0.4) is 0 Å². The second kappa shape index (κ2) is 11.8. The number of nitrogens with one attached hydrogen (secondary N) is 1. The van der Waals surface area contributed by atoms with Crippen molar-refractivity contribution in [2.75, 3.05) is 38.9 Å². The van der Waals surface area contributed by atoms with E-state index in [0.717, 1.165) is 5.56 Å². The topological polar surface area (TPSA) is 117 Å². The van der Waals surface area contributed by atoms with E-state index < -0.39 is 6.03 Å². The van der Waals surface area contributed by atoms with Crippen molar-refractivity contribution < 1.29 is 28.2 Å². The predicted octanol–water partition coefficient (Wildman–Crippen LogP) is 3.59. The number of amides is 3. The summed E-state index contributed by atoms with van der Waals surface area (Å²) in [6.07, 6.45) is 1.55. The van der Waals surface area contributed by atoms with E-state index in [1.807, 2.05) is 18.2 Å². The number of nitriles is 1. The van der Waals surface area contributed by atoms with Crippen LogP contribution in [0.15, 0.2) is 65.3 Å². The Bertz CT molecular complexity index is 1240. The Hall–Kier alpha value is -4.49. The lowest BCUT2D eigenvalue weighted by molar-refractivity contribution is -0.133. The van der Waals surface area contributed by atoms with Crippen molar-refractivity contribution in [2.24, 2.45) is 0 Å². The van der Waals surface area contributed by atoms with E-state index in [2.05, 4.69) is 5.32 Å². The number of furan rings is 1. The molecule has 36 heavy (non-hydrogen) atoms. The smallest absolute Gasteiger partial charge is 0.322 e. The van der Waals surface area contributed by atoms with Gasteiger partial charge in [0.05, 0.1) is 31.0 Å². The number of hydrogen-bond acceptors (Lipinski definition) is 7. The summed E-state index contributed by atoms with van der Waals surface area (Å²) < 4.78 is 21.4. The molecule has 0 atom stereocenters. The van der Waals surface area contributed by atoms with Crippen molar-refractivity contribution >= 4 is 17.6 Å². The summed E-state index contributed by atoms with van der Waals surface area (Å²) in [7, 11) is 1.52. The molecular weight excluding hydrogens is 464 g/mol. The van der Waals surface area contributed by atoms with E-state index in [4.69, 9.17) is 23.9 Å². The maximum atomic E-state index is 13.5. The van der Waals surface area contributed by atoms with Gasteiger partial charge >= 0.3 is 6.03 Å². The fraction of sp³-hybridized carbons (Fsp3) is 0.269. The summed E-state index contributed by atoms with van der Waals surface area (Å²) in [4.78, 5) is 29.5. The number of fused-ring (bicyclic) bond motifs is 1. The molecule has 0 radical (unpaired) electrons. The SMILES string of the molecule is COCCN(CC(=O)N(Cc1ccc2c(c1)OCO2)Cc1ccco1)C(=O)Nc1cccc(C#N)c1. The number of carbonyl (C=O) groups is 2. The first-order valence-electron chi connectivity index (χ1n) is 11.3. The van der Waals surface area contributed by atoms with E-state index in [0.29, 0.717) is 28.5 Å². The maximum Gasteiger partial charge on any atom is 0.322 e. The number of urea groups is 1. The highest BCUT2D eigenvalue weighted by Crippen LogP contribution is 2.33. The molecule has 4 rings (SSSR count). The molecule has 10 nitrogen and oxygen atoms in total. The molecule has 0 spiro atoms. The van der Waals surface area contributed by atoms with Gasteiger partial charge in [-0.2, -0.15) is 5.26 Å². The monoisotopic (exact) mass is 490 g/mol. The van der Waals surface area contributed by atoms with E-state index in [-0.39, 0.29) is 45.5 Å². The van der Waals surface area contributed by atoms with Crippen LogP contribution < -0.4 is 14.8 Å². The average Bonchev–Trinajstić information content (AvgIpc) is 3.58. The van der Waals surface area contributed by atoms with Gasteiger partial charge in [-0.3, -0.25) is 4.79 Å². The molecule has 3 amide bonds. The molecule has 3 aromatic rings. The summed E-state index contributed by atoms with van der Waals surface area (Å²) >= 11 is 0. The Balaban J connectivity index is 1.50. The van der Waals surface area contributed by atoms with Crippen LogP contribution in [-0.4, -0.2) is 55.3 Å². The highest BCUT2D eigenvalue weighted by Gasteiger charge is 2.23. The minimum atomic E-state index is -0.475. The first kappa shape index (κ1) is 24.6. The van der Waals surface area contributed by atoms with E-state index in [1.165, 1.54) is 12.0 Å². The van der Waals surface area contributed by atoms with E-state index >= 15 is 0 Å². The zero-order valence-corrected chi connectivity index (χ0v) is 19.8. The Labute approximate surface area is 208 Å². The van der Waals surface area contributed by atoms with Gasteiger partial charge in [0.2, 0.25) is 12.7 Å². The number of benzene rings is 2. The van der Waals surface area contributed by atoms with Gasteiger partial charge in [0, 0.05) is 25.9 Å². The standard InChI is InChI=1S/C26H26N4O6/c1-33-11-9-29(26(32)28-21-5-2-4-19(12-21)14-27)17-25(31)30(16-22-6-3-10-34-22)15-20-7-8-23-24(13-20)36-18-35-23/h2-8,10,12-13H,9,11,15-18H2,1H3,(H,28,32). The van der Waals surface area contributed by atoms with Gasteiger partial charge < -0.3 is 33.7 Å². The Morgan fingerprint density at radius 3 is 2.69 bits per heavy atom. The van der Waals surface area contributed by atoms with Gasteiger partial charge in [0.15, 0.2) is 11.5 Å². The lowest BCUT2D eigenvalue weighted by atomic mass is 10.2. The van der Waals surface area contributed by atoms with Crippen molar-refractivity contribution in [1.29, 1.82) is 5.26 Å². The van der Waals surface area contributed by atoms with Gasteiger partial charge in [0.25, 0.3) is 0 Å². The minimum Gasteiger partial charge on any atom is -0.467 e. The molecule has 1 aliphatic heterocycles. The summed E-state index contributed by atoms with van der Waals surface area (Å²) in [5.74, 6) is 1.62. The zero-order valence-electron chi connectivity index (χ0n) is 19.8. The van der Waals surface area contributed by atoms with Crippen LogP contribution in [0, 0.1) is 11.3 Å². The molecule has 0 fully saturated rings. The van der Waals surface area contributed by atoms with Crippen molar-refractivity contribution in [1.82, 2.24) is 9.80 Å². The van der Waals surface area contributed by atoms with Crippen LogP contribution in [0.4, 0.5) is 10.5 Å². The van der Waals surface area contributed by atoms with Crippen LogP contribution in [0.1, 0.15) is 16.9 Å². The number of rotatable bonds is 10. The van der Waals surface area contributed by atoms with E-state index in [1.54, 1.807) is 53.6 Å². The Kier molecular flexibility index (Phi) is 8.05. The lowest BCUT2D eigenvalue weighted by Gasteiger charge is -2.27. The summed E-state index contributed by atoms with van der Waals surface area (Å²) in [5, 5.41) is 11.9. The number of anilines is 1. The van der Waals surface area contributed by atoms with Crippen molar-refractivity contribution in [3.8, 4) is 17.6 Å². The van der Waals surface area contributed by atoms with Gasteiger partial charge in [-0.05, 0) is 48.0 Å². The molecule has 10 heteroatoms. The Morgan fingerprint density at radius 1 is 1.06 bits per heavy atom. The number of ether oxygens (including phenoxy) is 3. The molecule has 0 bridgehead atoms. The molecule has 0 unspecified atom stereocenters. The van der Waals surface area contributed by atoms with Gasteiger partial charge in [-0.15, -0.1) is 0 Å². The lowest BCUT2D eigenvalue weighted by Crippen LogP contribution is -2.45. The average molecular weight is 491 g/mol. The van der Waals surface area contributed by atoms with Crippen molar-refractivity contribution in [3.63, 3.8) is 0 Å². The van der Waals surface area contributed by atoms with Gasteiger partial charge in [-0.25, -0.2) is 4.79 Å². The molecule has 2 aromatic carbocycles. The van der Waals surface area contributed by atoms with Crippen LogP contribution in [0.5, 0.6) is 11.5 Å². The molecule has 186 valence electrons. The van der Waals surface area contributed by atoms with Crippen LogP contribution in [0.25, 0.3) is 0 Å². The second-order valence-electron chi connectivity index (χ2n) is 8.05. The quantitative estimate of drug-likeness (QED) is 0.462. The molecule has 2 heterocycles. The third kappa shape index (κ3) is 6.34. The van der Waals surface area contributed by atoms with Crippen molar-refractivity contribution in [2.45, 2.75) is 13.1 Å². The fourth-order valence-electron chi connectivity index (χ4n) is 3.67. The largest absolute Gasteiger partial charge is 0.467 e. The molecule has 1 N–H and O–H groups in total. The highest BCUT2D eigenvalue weighted by molar-refractivity contribution is 5.92. The summed E-state index contributed by atoms with van der Waals surface area (Å²) in [5.41, 5.74) is 1.72. The minimum absolute atomic E-state index is 0.161. The van der Waals surface area contributed by atoms with Crippen LogP contribution in [0.2, 0.25) is 0 Å². The first-order valence-corrected chi connectivity index (χ1v) is 11.3. The first-order chi connectivity index (χ1) is 17.6. The summed E-state index contributed by atoms with van der Waals surface area (Å²) in [6.45, 7) is 0.932. The number of methoxy groups -OCH3 is 1. The second-order valence-corrected chi connectivity index (χ2v) is 8.05. The van der Waals surface area contributed by atoms with Crippen LogP contribution in [-0.2, 0) is 22.6 Å². The molecule has 0 saturated carbocycles. The zero-order chi connectivity index (χ0) is 25.3. The third-order valence-corrected chi connectivity index (χ3v) is 5.51. The van der Waals surface area contributed by atoms with Gasteiger partial charge in [-0.1, -0.05) is 12.1 Å². The molecule has 1 aliphatic rings. The molecule has 0 saturated heterocycles. The summed E-state index contributed by atoms with van der Waals surface area (Å²) in [6, 6.07) is 17.2. The molecular formula is C26H26N4O6. The van der Waals surface area contributed by atoms with E-state index in [9.17, 15) is 9.59 Å². The van der Waals surface area contributed by atoms with Crippen LogP contribution >= 0.6 is 0 Å².